The van der Waals surface area contributed by atoms with Crippen LogP contribution in [-0.4, -0.2) is 14.5 Å². The summed E-state index contributed by atoms with van der Waals surface area (Å²) in [4.78, 5) is 15.8. The fourth-order valence-corrected chi connectivity index (χ4v) is 10.2. The highest BCUT2D eigenvalue weighted by Crippen LogP contribution is 2.60. The number of rotatable bonds is 3. The van der Waals surface area contributed by atoms with Crippen molar-refractivity contribution in [2.75, 3.05) is 0 Å². The molecule has 0 bridgehead atoms. The average molecular weight is 652 g/mol. The van der Waals surface area contributed by atoms with E-state index in [1.807, 2.05) is 35.7 Å². The number of hydrogen-bond donors (Lipinski definition) is 0. The van der Waals surface area contributed by atoms with Gasteiger partial charge < -0.3 is 0 Å². The Morgan fingerprint density at radius 3 is 2.06 bits per heavy atom. The molecule has 1 aliphatic heterocycles. The summed E-state index contributed by atoms with van der Waals surface area (Å²) >= 11 is 3.81. The molecular weight excluding hydrogens is 623 g/mol. The third-order valence-corrected chi connectivity index (χ3v) is 12.4. The maximum atomic E-state index is 5.33. The van der Waals surface area contributed by atoms with Gasteiger partial charge in [0.05, 0.1) is 16.7 Å². The van der Waals surface area contributed by atoms with Gasteiger partial charge in [-0.2, -0.15) is 0 Å². The number of fused-ring (bicyclic) bond motifs is 10. The van der Waals surface area contributed by atoms with E-state index in [4.69, 9.17) is 9.97 Å². The highest BCUT2D eigenvalue weighted by atomic mass is 32.2. The normalized spacial score (nSPS) is 14.0. The van der Waals surface area contributed by atoms with Crippen molar-refractivity contribution in [3.63, 3.8) is 0 Å². The predicted molar refractivity (Wildman–Crippen MR) is 199 cm³/mol. The molecule has 48 heavy (non-hydrogen) atoms. The number of aromatic nitrogens is 3. The SMILES string of the molecule is CC1(C)c2ccc3c4ccccc4n(-c4cc(-c5ccccc5)nc(-c5ccccc5)n4)c3c2-c2ccc3c(c21)Sc1ccccc1S3. The first-order valence-corrected chi connectivity index (χ1v) is 17.9. The van der Waals surface area contributed by atoms with Crippen LogP contribution >= 0.6 is 23.5 Å². The van der Waals surface area contributed by atoms with Crippen LogP contribution in [0.15, 0.2) is 159 Å². The van der Waals surface area contributed by atoms with Crippen LogP contribution in [0.2, 0.25) is 0 Å². The second-order valence-corrected chi connectivity index (χ2v) is 15.1. The summed E-state index contributed by atoms with van der Waals surface area (Å²) in [6.07, 6.45) is 0. The van der Waals surface area contributed by atoms with Gasteiger partial charge in [-0.25, -0.2) is 9.97 Å². The first kappa shape index (κ1) is 28.0. The molecule has 0 atom stereocenters. The van der Waals surface area contributed by atoms with Crippen molar-refractivity contribution in [1.29, 1.82) is 0 Å². The quantitative estimate of drug-likeness (QED) is 0.190. The Balaban J connectivity index is 1.29. The summed E-state index contributed by atoms with van der Waals surface area (Å²) in [5.41, 5.74) is 10.5. The van der Waals surface area contributed by atoms with E-state index in [9.17, 15) is 0 Å². The molecule has 0 radical (unpaired) electrons. The topological polar surface area (TPSA) is 30.7 Å². The van der Waals surface area contributed by atoms with Gasteiger partial charge in [0.1, 0.15) is 5.82 Å². The summed E-state index contributed by atoms with van der Waals surface area (Å²) in [7, 11) is 0. The molecule has 1 aliphatic carbocycles. The summed E-state index contributed by atoms with van der Waals surface area (Å²) in [5.74, 6) is 1.58. The largest absolute Gasteiger partial charge is 0.293 e. The number of hydrogen-bond acceptors (Lipinski definition) is 4. The van der Waals surface area contributed by atoms with E-state index in [-0.39, 0.29) is 5.41 Å². The Bertz CT molecular complexity index is 2530. The highest BCUT2D eigenvalue weighted by molar-refractivity contribution is 8.05. The first-order chi connectivity index (χ1) is 23.6. The molecule has 5 heteroatoms. The lowest BCUT2D eigenvalue weighted by atomic mass is 9.82. The van der Waals surface area contributed by atoms with Crippen molar-refractivity contribution >= 4 is 45.3 Å². The molecule has 2 aliphatic rings. The van der Waals surface area contributed by atoms with Crippen molar-refractivity contribution in [1.82, 2.24) is 14.5 Å². The Morgan fingerprint density at radius 2 is 1.27 bits per heavy atom. The fraction of sp³-hybridized carbons (Fsp3) is 0.0698. The van der Waals surface area contributed by atoms with Gasteiger partial charge in [0.25, 0.3) is 0 Å². The second-order valence-electron chi connectivity index (χ2n) is 13.0. The highest BCUT2D eigenvalue weighted by Gasteiger charge is 2.41. The molecule has 0 saturated carbocycles. The van der Waals surface area contributed by atoms with Gasteiger partial charge in [0, 0.05) is 58.5 Å². The van der Waals surface area contributed by atoms with Crippen LogP contribution in [0.1, 0.15) is 25.0 Å². The molecule has 0 amide bonds. The van der Waals surface area contributed by atoms with Crippen molar-refractivity contribution in [2.45, 2.75) is 38.8 Å². The molecule has 3 nitrogen and oxygen atoms in total. The first-order valence-electron chi connectivity index (χ1n) is 16.3. The van der Waals surface area contributed by atoms with Gasteiger partial charge in [-0.1, -0.05) is 147 Å². The summed E-state index contributed by atoms with van der Waals surface area (Å²) < 4.78 is 2.39. The van der Waals surface area contributed by atoms with Gasteiger partial charge >= 0.3 is 0 Å². The number of benzene rings is 6. The monoisotopic (exact) mass is 651 g/mol. The molecule has 0 spiro atoms. The van der Waals surface area contributed by atoms with E-state index in [0.29, 0.717) is 5.82 Å². The summed E-state index contributed by atoms with van der Waals surface area (Å²) in [6.45, 7) is 4.79. The van der Waals surface area contributed by atoms with E-state index in [1.165, 1.54) is 58.1 Å². The van der Waals surface area contributed by atoms with Gasteiger partial charge in [-0.15, -0.1) is 0 Å². The molecule has 0 N–H and O–H groups in total. The maximum absolute atomic E-state index is 5.33. The van der Waals surface area contributed by atoms with Crippen molar-refractivity contribution < 1.29 is 0 Å². The number of para-hydroxylation sites is 1. The van der Waals surface area contributed by atoms with Gasteiger partial charge in [-0.3, -0.25) is 4.57 Å². The number of nitrogens with zero attached hydrogens (tertiary/aromatic N) is 3. The summed E-state index contributed by atoms with van der Waals surface area (Å²) in [5, 5.41) is 2.46. The summed E-state index contributed by atoms with van der Waals surface area (Å²) in [6, 6.07) is 49.9. The van der Waals surface area contributed by atoms with E-state index < -0.39 is 0 Å². The lowest BCUT2D eigenvalue weighted by Gasteiger charge is -2.28. The Kier molecular flexibility index (Phi) is 6.09. The molecule has 0 saturated heterocycles. The molecule has 3 heterocycles. The van der Waals surface area contributed by atoms with E-state index in [1.54, 1.807) is 0 Å². The zero-order valence-corrected chi connectivity index (χ0v) is 28.1. The standard InChI is InChI=1S/C43H29N3S2/c1-43(2)31-23-21-29-28-17-9-10-18-33(28)46(37-25-32(26-13-5-3-6-14-26)44-42(45-37)27-15-7-4-8-16-27)40(29)38(31)30-22-24-36-41(39(30)43)48-35-20-12-11-19-34(35)47-36/h3-25H,1-2H3. The molecular formula is C43H29N3S2. The van der Waals surface area contributed by atoms with E-state index in [2.05, 4.69) is 146 Å². The minimum atomic E-state index is -0.179. The van der Waals surface area contributed by atoms with Crippen LogP contribution < -0.4 is 0 Å². The van der Waals surface area contributed by atoms with E-state index in [0.717, 1.165) is 28.2 Å². The van der Waals surface area contributed by atoms with Gasteiger partial charge in [0.15, 0.2) is 5.82 Å². The zero-order valence-electron chi connectivity index (χ0n) is 26.4. The molecule has 2 aromatic heterocycles. The van der Waals surface area contributed by atoms with Crippen LogP contribution in [-0.2, 0) is 5.41 Å². The molecule has 0 unspecified atom stereocenters. The Labute approximate surface area is 287 Å². The van der Waals surface area contributed by atoms with Crippen molar-refractivity contribution in [3.05, 3.63) is 151 Å². The third kappa shape index (κ3) is 4.04. The second kappa shape index (κ2) is 10.4. The molecule has 0 fully saturated rings. The van der Waals surface area contributed by atoms with Crippen LogP contribution in [0.3, 0.4) is 0 Å². The van der Waals surface area contributed by atoms with Crippen LogP contribution in [0, 0.1) is 0 Å². The molecule has 6 aromatic carbocycles. The van der Waals surface area contributed by atoms with Crippen molar-refractivity contribution in [2.24, 2.45) is 0 Å². The average Bonchev–Trinajstić information content (AvgIpc) is 3.60. The zero-order chi connectivity index (χ0) is 32.0. The van der Waals surface area contributed by atoms with Crippen LogP contribution in [0.4, 0.5) is 0 Å². The maximum Gasteiger partial charge on any atom is 0.162 e. The van der Waals surface area contributed by atoms with E-state index >= 15 is 0 Å². The molecule has 8 aromatic rings. The smallest absolute Gasteiger partial charge is 0.162 e. The lowest BCUT2D eigenvalue weighted by Crippen LogP contribution is -2.17. The minimum Gasteiger partial charge on any atom is -0.293 e. The van der Waals surface area contributed by atoms with Gasteiger partial charge in [0.2, 0.25) is 0 Å². The third-order valence-electron chi connectivity index (χ3n) is 9.85. The van der Waals surface area contributed by atoms with Crippen LogP contribution in [0.5, 0.6) is 0 Å². The predicted octanol–water partition coefficient (Wildman–Crippen LogP) is 11.8. The minimum absolute atomic E-state index is 0.179. The van der Waals surface area contributed by atoms with Crippen molar-refractivity contribution in [3.8, 4) is 39.6 Å². The Morgan fingerprint density at radius 1 is 0.583 bits per heavy atom. The molecule has 228 valence electrons. The molecule has 10 rings (SSSR count). The lowest BCUT2D eigenvalue weighted by molar-refractivity contribution is 0.642. The van der Waals surface area contributed by atoms with Gasteiger partial charge in [-0.05, 0) is 41.0 Å². The fourth-order valence-electron chi connectivity index (χ4n) is 7.67. The van der Waals surface area contributed by atoms with Crippen LogP contribution in [0.25, 0.3) is 61.4 Å². The Hall–Kier alpha value is -5.10.